The van der Waals surface area contributed by atoms with Crippen molar-refractivity contribution in [3.63, 3.8) is 0 Å². The average molecular weight is 479 g/mol. The standard InChI is InChI=1S/C29H26N4O3/c1-19-7-14-26(32-31-19)21-10-12-25(13-11-21)36-27-15-22(29(30)35)8-9-23(27)17-33-18-24(16-28(33)34)20-5-3-2-4-6-20/h2-15,24H,16-18H2,1H3,(H2,30,35)/t24-/m1/s1. The highest BCUT2D eigenvalue weighted by Crippen LogP contribution is 2.33. The first kappa shape index (κ1) is 23.2. The maximum absolute atomic E-state index is 12.8. The minimum absolute atomic E-state index is 0.0948. The van der Waals surface area contributed by atoms with E-state index in [4.69, 9.17) is 10.5 Å². The summed E-state index contributed by atoms with van der Waals surface area (Å²) in [6.07, 6.45) is 0.475. The number of primary amides is 1. The summed E-state index contributed by atoms with van der Waals surface area (Å²) in [6.45, 7) is 2.91. The topological polar surface area (TPSA) is 98.4 Å². The first-order chi connectivity index (χ1) is 17.5. The molecule has 4 aromatic rings. The number of ether oxygens (including phenoxy) is 1. The van der Waals surface area contributed by atoms with Gasteiger partial charge in [-0.15, -0.1) is 0 Å². The van der Waals surface area contributed by atoms with Crippen molar-refractivity contribution in [3.05, 3.63) is 107 Å². The van der Waals surface area contributed by atoms with Crippen molar-refractivity contribution in [2.45, 2.75) is 25.8 Å². The maximum Gasteiger partial charge on any atom is 0.248 e. The van der Waals surface area contributed by atoms with E-state index in [-0.39, 0.29) is 11.8 Å². The Morgan fingerprint density at radius 2 is 1.78 bits per heavy atom. The van der Waals surface area contributed by atoms with Crippen LogP contribution in [-0.2, 0) is 11.3 Å². The molecule has 0 aliphatic carbocycles. The molecule has 1 saturated heterocycles. The van der Waals surface area contributed by atoms with E-state index in [0.717, 1.165) is 28.1 Å². The number of carbonyl (C=O) groups is 2. The Morgan fingerprint density at radius 3 is 2.47 bits per heavy atom. The van der Waals surface area contributed by atoms with Crippen LogP contribution in [0.15, 0.2) is 84.9 Å². The number of carbonyl (C=O) groups excluding carboxylic acids is 2. The number of likely N-dealkylation sites (tertiary alicyclic amines) is 1. The van der Waals surface area contributed by atoms with Crippen LogP contribution in [0.5, 0.6) is 11.5 Å². The number of rotatable bonds is 7. The van der Waals surface area contributed by atoms with Crippen molar-refractivity contribution in [1.29, 1.82) is 0 Å². The van der Waals surface area contributed by atoms with E-state index in [1.165, 1.54) is 0 Å². The fourth-order valence-corrected chi connectivity index (χ4v) is 4.39. The summed E-state index contributed by atoms with van der Waals surface area (Å²) in [5.74, 6) is 0.797. The van der Waals surface area contributed by atoms with E-state index in [0.29, 0.717) is 36.6 Å². The molecule has 2 amide bonds. The molecule has 0 radical (unpaired) electrons. The van der Waals surface area contributed by atoms with Crippen molar-refractivity contribution < 1.29 is 14.3 Å². The molecule has 2 heterocycles. The summed E-state index contributed by atoms with van der Waals surface area (Å²) in [5, 5.41) is 8.33. The van der Waals surface area contributed by atoms with Gasteiger partial charge >= 0.3 is 0 Å². The average Bonchev–Trinajstić information content (AvgIpc) is 3.26. The van der Waals surface area contributed by atoms with Gasteiger partial charge in [-0.3, -0.25) is 9.59 Å². The molecule has 2 N–H and O–H groups in total. The first-order valence-electron chi connectivity index (χ1n) is 11.8. The van der Waals surface area contributed by atoms with Crippen LogP contribution in [0.1, 0.15) is 39.5 Å². The van der Waals surface area contributed by atoms with Gasteiger partial charge in [0, 0.05) is 42.1 Å². The van der Waals surface area contributed by atoms with Crippen molar-refractivity contribution >= 4 is 11.8 Å². The summed E-state index contributed by atoms with van der Waals surface area (Å²) in [5.41, 5.74) is 10.4. The van der Waals surface area contributed by atoms with Crippen LogP contribution < -0.4 is 10.5 Å². The zero-order chi connectivity index (χ0) is 25.1. The number of nitrogens with two attached hydrogens (primary N) is 1. The Balaban J connectivity index is 1.37. The number of benzene rings is 3. The lowest BCUT2D eigenvalue weighted by atomic mass is 9.98. The second-order valence-electron chi connectivity index (χ2n) is 8.96. The molecule has 0 saturated carbocycles. The lowest BCUT2D eigenvalue weighted by Gasteiger charge is -2.20. The maximum atomic E-state index is 12.8. The highest BCUT2D eigenvalue weighted by atomic mass is 16.5. The summed E-state index contributed by atoms with van der Waals surface area (Å²) in [7, 11) is 0. The Labute approximate surface area is 209 Å². The Kier molecular flexibility index (Phi) is 6.45. The van der Waals surface area contributed by atoms with Crippen LogP contribution in [0.3, 0.4) is 0 Å². The Morgan fingerprint density at radius 1 is 1.00 bits per heavy atom. The third-order valence-corrected chi connectivity index (χ3v) is 6.37. The molecule has 1 aliphatic heterocycles. The molecule has 0 bridgehead atoms. The molecule has 1 aromatic heterocycles. The molecule has 1 atom stereocenters. The van der Waals surface area contributed by atoms with E-state index >= 15 is 0 Å². The minimum atomic E-state index is -0.541. The molecule has 5 rings (SSSR count). The highest BCUT2D eigenvalue weighted by Gasteiger charge is 2.31. The molecule has 7 nitrogen and oxygen atoms in total. The van der Waals surface area contributed by atoms with E-state index in [1.54, 1.807) is 18.2 Å². The van der Waals surface area contributed by atoms with Crippen LogP contribution in [0, 0.1) is 6.92 Å². The molecule has 36 heavy (non-hydrogen) atoms. The molecular formula is C29H26N4O3. The number of hydrogen-bond acceptors (Lipinski definition) is 5. The summed E-state index contributed by atoms with van der Waals surface area (Å²) in [6, 6.07) is 26.5. The van der Waals surface area contributed by atoms with Crippen LogP contribution in [0.25, 0.3) is 11.3 Å². The predicted octanol–water partition coefficient (Wildman–Crippen LogP) is 4.86. The molecule has 3 aromatic carbocycles. The SMILES string of the molecule is Cc1ccc(-c2ccc(Oc3cc(C(N)=O)ccc3CN3C[C@H](c4ccccc4)CC3=O)cc2)nn1. The zero-order valence-corrected chi connectivity index (χ0v) is 19.9. The Hall–Kier alpha value is -4.52. The summed E-state index contributed by atoms with van der Waals surface area (Å²) >= 11 is 0. The molecular weight excluding hydrogens is 452 g/mol. The third-order valence-electron chi connectivity index (χ3n) is 6.37. The molecule has 0 spiro atoms. The summed E-state index contributed by atoms with van der Waals surface area (Å²) in [4.78, 5) is 26.5. The van der Waals surface area contributed by atoms with Crippen LogP contribution in [0.4, 0.5) is 0 Å². The van der Waals surface area contributed by atoms with Gasteiger partial charge in [0.1, 0.15) is 11.5 Å². The van der Waals surface area contributed by atoms with Gasteiger partial charge in [-0.25, -0.2) is 0 Å². The molecule has 1 fully saturated rings. The lowest BCUT2D eigenvalue weighted by Crippen LogP contribution is -2.24. The summed E-state index contributed by atoms with van der Waals surface area (Å²) < 4.78 is 6.19. The first-order valence-corrected chi connectivity index (χ1v) is 11.8. The van der Waals surface area contributed by atoms with Gasteiger partial charge in [-0.2, -0.15) is 10.2 Å². The number of aryl methyl sites for hydroxylation is 1. The Bertz CT molecular complexity index is 1390. The fraction of sp³-hybridized carbons (Fsp3) is 0.172. The quantitative estimate of drug-likeness (QED) is 0.409. The molecule has 7 heteroatoms. The third kappa shape index (κ3) is 5.10. The molecule has 0 unspecified atom stereocenters. The monoisotopic (exact) mass is 478 g/mol. The van der Waals surface area contributed by atoms with Crippen molar-refractivity contribution in [2.75, 3.05) is 6.54 Å². The van der Waals surface area contributed by atoms with E-state index < -0.39 is 5.91 Å². The van der Waals surface area contributed by atoms with Crippen LogP contribution in [-0.4, -0.2) is 33.5 Å². The van der Waals surface area contributed by atoms with Crippen molar-refractivity contribution in [3.8, 4) is 22.8 Å². The predicted molar refractivity (Wildman–Crippen MR) is 136 cm³/mol. The molecule has 1 aliphatic rings. The van der Waals surface area contributed by atoms with Crippen LogP contribution >= 0.6 is 0 Å². The largest absolute Gasteiger partial charge is 0.457 e. The van der Waals surface area contributed by atoms with Gasteiger partial charge < -0.3 is 15.4 Å². The van der Waals surface area contributed by atoms with Gasteiger partial charge in [0.05, 0.1) is 11.4 Å². The van der Waals surface area contributed by atoms with Gasteiger partial charge in [0.15, 0.2) is 0 Å². The van der Waals surface area contributed by atoms with E-state index in [1.807, 2.05) is 66.4 Å². The van der Waals surface area contributed by atoms with Crippen molar-refractivity contribution in [2.24, 2.45) is 5.73 Å². The highest BCUT2D eigenvalue weighted by molar-refractivity contribution is 5.93. The normalized spacial score (nSPS) is 15.2. The van der Waals surface area contributed by atoms with Gasteiger partial charge in [-0.05, 0) is 61.0 Å². The lowest BCUT2D eigenvalue weighted by molar-refractivity contribution is -0.128. The second kappa shape index (κ2) is 10.00. The van der Waals surface area contributed by atoms with Gasteiger partial charge in [0.25, 0.3) is 0 Å². The van der Waals surface area contributed by atoms with E-state index in [9.17, 15) is 9.59 Å². The smallest absolute Gasteiger partial charge is 0.248 e. The fourth-order valence-electron chi connectivity index (χ4n) is 4.39. The minimum Gasteiger partial charge on any atom is -0.457 e. The number of hydrogen-bond donors (Lipinski definition) is 1. The second-order valence-corrected chi connectivity index (χ2v) is 8.96. The van der Waals surface area contributed by atoms with E-state index in [2.05, 4.69) is 22.3 Å². The number of aromatic nitrogens is 2. The zero-order valence-electron chi connectivity index (χ0n) is 19.9. The van der Waals surface area contributed by atoms with Crippen molar-refractivity contribution in [1.82, 2.24) is 15.1 Å². The molecule has 180 valence electrons. The van der Waals surface area contributed by atoms with Gasteiger partial charge in [0.2, 0.25) is 11.8 Å². The number of nitrogens with zero attached hydrogens (tertiary/aromatic N) is 3. The van der Waals surface area contributed by atoms with Gasteiger partial charge in [-0.1, -0.05) is 36.4 Å². The van der Waals surface area contributed by atoms with Crippen LogP contribution in [0.2, 0.25) is 0 Å². The number of amides is 2.